The summed E-state index contributed by atoms with van der Waals surface area (Å²) in [4.78, 5) is 0. The number of fused-ring (bicyclic) bond motifs is 1. The number of methoxy groups -OCH3 is 1. The summed E-state index contributed by atoms with van der Waals surface area (Å²) in [6.07, 6.45) is 1.78. The first-order valence-electron chi connectivity index (χ1n) is 7.57. The van der Waals surface area contributed by atoms with E-state index in [1.54, 1.807) is 7.11 Å². The molecule has 0 aliphatic rings. The number of nitrogens with one attached hydrogen (secondary N) is 1. The molecule has 2 N–H and O–H groups in total. The van der Waals surface area contributed by atoms with Gasteiger partial charge in [0.2, 0.25) is 0 Å². The third-order valence-corrected chi connectivity index (χ3v) is 4.06. The molecular formula is C18H25NO2. The van der Waals surface area contributed by atoms with Crippen LogP contribution in [0.2, 0.25) is 0 Å². The first-order chi connectivity index (χ1) is 10.1. The largest absolute Gasteiger partial charge is 0.497 e. The van der Waals surface area contributed by atoms with Crippen LogP contribution in [0, 0.1) is 0 Å². The van der Waals surface area contributed by atoms with Gasteiger partial charge in [-0.2, -0.15) is 0 Å². The van der Waals surface area contributed by atoms with E-state index in [9.17, 15) is 5.11 Å². The molecule has 0 aromatic heterocycles. The summed E-state index contributed by atoms with van der Waals surface area (Å²) >= 11 is 0. The van der Waals surface area contributed by atoms with Crippen molar-refractivity contribution in [2.45, 2.75) is 32.2 Å². The highest BCUT2D eigenvalue weighted by molar-refractivity contribution is 5.84. The molecule has 0 saturated carbocycles. The van der Waals surface area contributed by atoms with E-state index in [1.807, 2.05) is 12.1 Å². The molecule has 0 saturated heterocycles. The summed E-state index contributed by atoms with van der Waals surface area (Å²) in [5.41, 5.74) is 1.02. The Morgan fingerprint density at radius 3 is 2.52 bits per heavy atom. The van der Waals surface area contributed by atoms with Crippen LogP contribution in [0.1, 0.15) is 32.3 Å². The molecule has 21 heavy (non-hydrogen) atoms. The van der Waals surface area contributed by atoms with Crippen molar-refractivity contribution in [2.24, 2.45) is 0 Å². The molecule has 0 radical (unpaired) electrons. The van der Waals surface area contributed by atoms with Gasteiger partial charge in [-0.3, -0.25) is 0 Å². The molecule has 0 spiro atoms. The third-order valence-electron chi connectivity index (χ3n) is 4.06. The molecule has 0 heterocycles. The molecule has 0 amide bonds. The summed E-state index contributed by atoms with van der Waals surface area (Å²) in [5.74, 6) is 0.873. The zero-order valence-corrected chi connectivity index (χ0v) is 13.1. The van der Waals surface area contributed by atoms with E-state index >= 15 is 0 Å². The van der Waals surface area contributed by atoms with Crippen molar-refractivity contribution in [3.05, 3.63) is 42.0 Å². The number of aliphatic hydroxyl groups is 1. The van der Waals surface area contributed by atoms with E-state index in [0.717, 1.165) is 18.7 Å². The molecule has 0 bridgehead atoms. The summed E-state index contributed by atoms with van der Waals surface area (Å²) in [6, 6.07) is 12.6. The van der Waals surface area contributed by atoms with Gasteiger partial charge in [0.25, 0.3) is 0 Å². The van der Waals surface area contributed by atoms with Crippen molar-refractivity contribution in [1.82, 2.24) is 5.32 Å². The smallest absolute Gasteiger partial charge is 0.119 e. The highest BCUT2D eigenvalue weighted by Gasteiger charge is 2.25. The van der Waals surface area contributed by atoms with Crippen molar-refractivity contribution in [2.75, 3.05) is 20.3 Å². The van der Waals surface area contributed by atoms with Gasteiger partial charge in [-0.25, -0.2) is 0 Å². The van der Waals surface area contributed by atoms with Gasteiger partial charge in [0.05, 0.1) is 7.11 Å². The van der Waals surface area contributed by atoms with Crippen LogP contribution in [0.3, 0.4) is 0 Å². The lowest BCUT2D eigenvalue weighted by Crippen LogP contribution is -2.40. The normalized spacial score (nSPS) is 14.1. The lowest BCUT2D eigenvalue weighted by Gasteiger charge is -2.31. The number of rotatable bonds is 7. The SMILES string of the molecule is CCCNC(C)(CCO)c1ccc2cc(OC)ccc2c1. The minimum Gasteiger partial charge on any atom is -0.497 e. The van der Waals surface area contributed by atoms with Crippen molar-refractivity contribution in [1.29, 1.82) is 0 Å². The number of aliphatic hydroxyl groups excluding tert-OH is 1. The Bertz CT molecular complexity index is 597. The Hall–Kier alpha value is -1.58. The molecule has 3 heteroatoms. The maximum Gasteiger partial charge on any atom is 0.119 e. The molecule has 0 fully saturated rings. The van der Waals surface area contributed by atoms with Crippen LogP contribution >= 0.6 is 0 Å². The van der Waals surface area contributed by atoms with Crippen LogP contribution in [0.4, 0.5) is 0 Å². The third kappa shape index (κ3) is 3.55. The van der Waals surface area contributed by atoms with Gasteiger partial charge in [0.15, 0.2) is 0 Å². The van der Waals surface area contributed by atoms with Gasteiger partial charge in [0.1, 0.15) is 5.75 Å². The molecule has 1 unspecified atom stereocenters. The first kappa shape index (κ1) is 15.8. The molecule has 1 atom stereocenters. The van der Waals surface area contributed by atoms with Gasteiger partial charge in [-0.15, -0.1) is 0 Å². The van der Waals surface area contributed by atoms with E-state index in [4.69, 9.17) is 4.74 Å². The van der Waals surface area contributed by atoms with Crippen LogP contribution in [-0.2, 0) is 5.54 Å². The molecule has 114 valence electrons. The van der Waals surface area contributed by atoms with Crippen LogP contribution in [-0.4, -0.2) is 25.4 Å². The maximum atomic E-state index is 9.39. The van der Waals surface area contributed by atoms with Crippen molar-refractivity contribution in [3.8, 4) is 5.75 Å². The van der Waals surface area contributed by atoms with Gasteiger partial charge in [-0.1, -0.05) is 25.1 Å². The molecule has 2 aromatic carbocycles. The zero-order chi connectivity index (χ0) is 15.3. The second-order valence-corrected chi connectivity index (χ2v) is 5.66. The predicted molar refractivity (Wildman–Crippen MR) is 87.8 cm³/mol. The second-order valence-electron chi connectivity index (χ2n) is 5.66. The lowest BCUT2D eigenvalue weighted by molar-refractivity contribution is 0.221. The van der Waals surface area contributed by atoms with Crippen molar-refractivity contribution in [3.63, 3.8) is 0 Å². The van der Waals surface area contributed by atoms with Crippen LogP contribution in [0.5, 0.6) is 5.75 Å². The van der Waals surface area contributed by atoms with E-state index in [0.29, 0.717) is 6.42 Å². The molecule has 2 aromatic rings. The van der Waals surface area contributed by atoms with Crippen LogP contribution in [0.25, 0.3) is 10.8 Å². The highest BCUT2D eigenvalue weighted by atomic mass is 16.5. The predicted octanol–water partition coefficient (Wildman–Crippen LogP) is 3.45. The van der Waals surface area contributed by atoms with Gasteiger partial charge in [0, 0.05) is 12.1 Å². The average Bonchev–Trinajstić information content (AvgIpc) is 2.52. The van der Waals surface area contributed by atoms with E-state index in [-0.39, 0.29) is 12.1 Å². The molecule has 3 nitrogen and oxygen atoms in total. The number of hydrogen-bond donors (Lipinski definition) is 2. The lowest BCUT2D eigenvalue weighted by atomic mass is 9.87. The highest BCUT2D eigenvalue weighted by Crippen LogP contribution is 2.29. The Morgan fingerprint density at radius 1 is 1.14 bits per heavy atom. The number of ether oxygens (including phenoxy) is 1. The first-order valence-corrected chi connectivity index (χ1v) is 7.57. The second kappa shape index (κ2) is 6.92. The Morgan fingerprint density at radius 2 is 1.86 bits per heavy atom. The summed E-state index contributed by atoms with van der Waals surface area (Å²) in [6.45, 7) is 5.42. The fourth-order valence-electron chi connectivity index (χ4n) is 2.65. The van der Waals surface area contributed by atoms with E-state index in [1.165, 1.54) is 16.3 Å². The molecule has 0 aliphatic heterocycles. The van der Waals surface area contributed by atoms with Crippen molar-refractivity contribution >= 4 is 10.8 Å². The van der Waals surface area contributed by atoms with Gasteiger partial charge < -0.3 is 15.2 Å². The topological polar surface area (TPSA) is 41.5 Å². The quantitative estimate of drug-likeness (QED) is 0.819. The fraction of sp³-hybridized carbons (Fsp3) is 0.444. The molecule has 2 rings (SSSR count). The van der Waals surface area contributed by atoms with Crippen LogP contribution in [0.15, 0.2) is 36.4 Å². The summed E-state index contributed by atoms with van der Waals surface area (Å²) in [5, 5.41) is 15.3. The molecular weight excluding hydrogens is 262 g/mol. The standard InChI is InChI=1S/C18H25NO2/c1-4-10-19-18(2,9-11-20)16-7-5-15-13-17(21-3)8-6-14(15)12-16/h5-8,12-13,19-20H,4,9-11H2,1-3H3. The Labute approximate surface area is 126 Å². The monoisotopic (exact) mass is 287 g/mol. The van der Waals surface area contributed by atoms with Gasteiger partial charge in [-0.05, 0) is 60.8 Å². The average molecular weight is 287 g/mol. The Kier molecular flexibility index (Phi) is 5.21. The summed E-state index contributed by atoms with van der Waals surface area (Å²) < 4.78 is 5.27. The Balaban J connectivity index is 2.39. The summed E-state index contributed by atoms with van der Waals surface area (Å²) in [7, 11) is 1.68. The number of benzene rings is 2. The number of hydrogen-bond acceptors (Lipinski definition) is 3. The van der Waals surface area contributed by atoms with Gasteiger partial charge >= 0.3 is 0 Å². The molecule has 0 aliphatic carbocycles. The zero-order valence-electron chi connectivity index (χ0n) is 13.1. The van der Waals surface area contributed by atoms with E-state index < -0.39 is 0 Å². The fourth-order valence-corrected chi connectivity index (χ4v) is 2.65. The van der Waals surface area contributed by atoms with E-state index in [2.05, 4.69) is 43.4 Å². The van der Waals surface area contributed by atoms with Crippen molar-refractivity contribution < 1.29 is 9.84 Å². The van der Waals surface area contributed by atoms with Crippen LogP contribution < -0.4 is 10.1 Å². The minimum atomic E-state index is -0.196. The minimum absolute atomic E-state index is 0.174. The maximum absolute atomic E-state index is 9.39.